The predicted octanol–water partition coefficient (Wildman–Crippen LogP) is 5.39. The van der Waals surface area contributed by atoms with Gasteiger partial charge in [-0.1, -0.05) is 109 Å². The van der Waals surface area contributed by atoms with Crippen molar-refractivity contribution >= 4 is 34.4 Å². The number of unbranched alkanes of at least 4 members (excludes halogenated alkanes) is 2. The van der Waals surface area contributed by atoms with E-state index < -0.39 is 92.2 Å². The van der Waals surface area contributed by atoms with Crippen molar-refractivity contribution in [3.63, 3.8) is 0 Å². The number of likely N-dealkylation sites (tertiary alicyclic amines) is 1. The van der Waals surface area contributed by atoms with Crippen molar-refractivity contribution in [2.24, 2.45) is 29.6 Å². The molecule has 3 aliphatic heterocycles. The number of hydrogen-bond acceptors (Lipinski definition) is 12. The quantitative estimate of drug-likeness (QED) is 0.0636. The van der Waals surface area contributed by atoms with E-state index in [0.717, 1.165) is 64.2 Å². The molecule has 17 atom stereocenters. The molecule has 0 spiro atoms. The highest BCUT2D eigenvalue weighted by Crippen LogP contribution is 2.49. The molecule has 0 aromatic heterocycles. The third-order valence-corrected chi connectivity index (χ3v) is 17.6. The van der Waals surface area contributed by atoms with E-state index in [1.165, 1.54) is 26.2 Å². The van der Waals surface area contributed by atoms with Gasteiger partial charge in [-0.05, 0) is 87.9 Å². The smallest absolute Gasteiger partial charge is 0.251 e. The molecule has 2 aliphatic carbocycles. The number of aliphatic hydroxyl groups is 5. The second-order valence-corrected chi connectivity index (χ2v) is 21.8. The number of carbonyl (C=O) groups is 2. The normalized spacial score (nSPS) is 39.9. The zero-order chi connectivity index (χ0) is 45.3. The van der Waals surface area contributed by atoms with Gasteiger partial charge < -0.3 is 59.4 Å². The number of hydrogen-bond donors (Lipinski definition) is 6. The molecule has 6 N–H and O–H groups in total. The van der Waals surface area contributed by atoms with Crippen LogP contribution in [-0.4, -0.2) is 145 Å². The molecule has 15 heteroatoms. The summed E-state index contributed by atoms with van der Waals surface area (Å²) in [5.41, 5.74) is 0. The lowest BCUT2D eigenvalue weighted by molar-refractivity contribution is -0.339. The number of nitrogens with zero attached hydrogens (tertiary/aromatic N) is 1. The molecule has 62 heavy (non-hydrogen) atoms. The van der Waals surface area contributed by atoms with Crippen LogP contribution < -0.4 is 5.32 Å². The van der Waals surface area contributed by atoms with Crippen molar-refractivity contribution in [2.75, 3.05) is 19.7 Å². The molecule has 5 aliphatic rings. The van der Waals surface area contributed by atoms with Gasteiger partial charge in [-0.25, -0.2) is 0 Å². The fraction of sp³-hybridized carbons (Fsp3) is 0.957. The number of nitrogens with one attached hydrogen (secondary N) is 1. The topological polar surface area (TPSA) is 197 Å². The zero-order valence-corrected chi connectivity index (χ0v) is 40.9. The fourth-order valence-electron chi connectivity index (χ4n) is 11.0. The Morgan fingerprint density at radius 2 is 1.58 bits per heavy atom. The highest BCUT2D eigenvalue weighted by Gasteiger charge is 2.54. The molecule has 3 saturated heterocycles. The zero-order valence-electron chi connectivity index (χ0n) is 38.7. The number of amides is 2. The van der Waals surface area contributed by atoms with Crippen LogP contribution in [0.1, 0.15) is 151 Å². The summed E-state index contributed by atoms with van der Waals surface area (Å²) in [6.07, 6.45) is 1.86. The summed E-state index contributed by atoms with van der Waals surface area (Å²) in [6, 6.07) is -1.07. The number of aliphatic hydroxyl groups excluding tert-OH is 5. The van der Waals surface area contributed by atoms with Gasteiger partial charge in [0.25, 0.3) is 5.91 Å². The Balaban J connectivity index is 1.45. The lowest BCUT2D eigenvalue weighted by atomic mass is 9.69. The van der Waals surface area contributed by atoms with Crippen LogP contribution in [-0.2, 0) is 33.3 Å². The van der Waals surface area contributed by atoms with Crippen LogP contribution in [0.4, 0.5) is 0 Å². The third kappa shape index (κ3) is 12.8. The van der Waals surface area contributed by atoms with Gasteiger partial charge >= 0.3 is 0 Å². The summed E-state index contributed by atoms with van der Waals surface area (Å²) in [5.74, 6) is 1.18. The summed E-state index contributed by atoms with van der Waals surface area (Å²) >= 11 is 2.63. The van der Waals surface area contributed by atoms with Crippen molar-refractivity contribution in [1.29, 1.82) is 0 Å². The van der Waals surface area contributed by atoms with Gasteiger partial charge in [0.2, 0.25) is 5.91 Å². The first-order valence-electron chi connectivity index (χ1n) is 24.4. The molecule has 5 rings (SSSR count). The van der Waals surface area contributed by atoms with Crippen LogP contribution in [0.25, 0.3) is 0 Å². The minimum atomic E-state index is -1.52. The number of carbonyl (C=O) groups excluding carboxylic acids is 2. The third-order valence-electron chi connectivity index (χ3n) is 15.4. The fourth-order valence-corrected chi connectivity index (χ4v) is 11.9. The molecule has 11 unspecified atom stereocenters. The van der Waals surface area contributed by atoms with Gasteiger partial charge in [-0.15, -0.1) is 0 Å². The van der Waals surface area contributed by atoms with E-state index in [1.807, 2.05) is 0 Å². The van der Waals surface area contributed by atoms with Crippen molar-refractivity contribution in [2.45, 2.75) is 234 Å². The van der Waals surface area contributed by atoms with Gasteiger partial charge in [-0.2, -0.15) is 0 Å². The van der Waals surface area contributed by atoms with E-state index in [1.54, 1.807) is 11.8 Å². The average molecular weight is 995 g/mol. The minimum Gasteiger partial charge on any atom is -0.394 e. The molecular weight excluding hydrogens is 911 g/mol. The Labute approximate surface area is 385 Å². The Bertz CT molecular complexity index is 1370. The lowest BCUT2D eigenvalue weighted by Gasteiger charge is -2.51. The summed E-state index contributed by atoms with van der Waals surface area (Å²) < 4.78 is 32.8. The van der Waals surface area contributed by atoms with Crippen LogP contribution >= 0.6 is 22.6 Å². The van der Waals surface area contributed by atoms with E-state index in [0.29, 0.717) is 44.2 Å². The highest BCUT2D eigenvalue weighted by atomic mass is 127. The molecule has 3 heterocycles. The molecule has 0 aromatic rings. The van der Waals surface area contributed by atoms with Crippen LogP contribution in [0.2, 0.25) is 0 Å². The Hall–Kier alpha value is -0.730. The highest BCUT2D eigenvalue weighted by molar-refractivity contribution is 14.1. The van der Waals surface area contributed by atoms with Crippen molar-refractivity contribution in [3.8, 4) is 0 Å². The lowest BCUT2D eigenvalue weighted by Crippen LogP contribution is -2.67. The monoisotopic (exact) mass is 994 g/mol. The standard InChI is InChI=1S/C47H83IN2O12/c1-8-12-15-27(5)32-18-16-30(17-19-32)23-35(44(57)50-21-14-22-50)59-43-37(49-29(7)52)45(61-36(26-51)39(43)54)60-34-25-33(47(48,11-4)20-13-9-2)24-31(10-3)42(34)62-46-41(56)40(55)38(53)28(6)58-46/h27-28,30-43,45-46,51,53-56H,8-26H2,1-7H3,(H,49,52)/t27?,28?,30?,31?,32?,33?,34-,35+,36?,37?,38-,39+,40?,41?,42?,43?,45-,46+,47?/m1/s1. The number of rotatable bonds is 21. The van der Waals surface area contributed by atoms with Gasteiger partial charge in [0.1, 0.15) is 48.8 Å². The summed E-state index contributed by atoms with van der Waals surface area (Å²) in [6.45, 7) is 14.8. The Morgan fingerprint density at radius 1 is 0.887 bits per heavy atom. The number of halogens is 1. The number of ether oxygens (including phenoxy) is 5. The Kier molecular flexibility index (Phi) is 20.5. The maximum Gasteiger partial charge on any atom is 0.251 e. The van der Waals surface area contributed by atoms with Gasteiger partial charge in [0, 0.05) is 23.4 Å². The van der Waals surface area contributed by atoms with E-state index in [-0.39, 0.29) is 27.1 Å². The molecule has 14 nitrogen and oxygen atoms in total. The summed E-state index contributed by atoms with van der Waals surface area (Å²) in [7, 11) is 0. The SMILES string of the molecule is CCCCC(C)C1CCC(C[C@H](OC2C(NC(C)=O)[C@H](O[C@@H]3CC(C(I)(CC)CCCC)CC(CC)C3O[C@@H]3OC(C)[C@@H](O)C(O)C3O)OC(CO)[C@@H]2O)C(=O)N2CCC2)CC1. The number of alkyl halides is 1. The molecule has 5 fully saturated rings. The largest absolute Gasteiger partial charge is 0.394 e. The van der Waals surface area contributed by atoms with Gasteiger partial charge in [0.15, 0.2) is 12.6 Å². The van der Waals surface area contributed by atoms with Crippen molar-refractivity contribution in [1.82, 2.24) is 10.2 Å². The first kappa shape index (κ1) is 52.2. The average Bonchev–Trinajstić information content (AvgIpc) is 3.24. The van der Waals surface area contributed by atoms with Crippen molar-refractivity contribution < 1.29 is 58.8 Å². The first-order valence-corrected chi connectivity index (χ1v) is 25.5. The van der Waals surface area contributed by atoms with Crippen LogP contribution in [0, 0.1) is 29.6 Å². The second-order valence-electron chi connectivity index (χ2n) is 19.6. The van der Waals surface area contributed by atoms with E-state index in [4.69, 9.17) is 23.7 Å². The molecule has 2 saturated carbocycles. The molecule has 0 radical (unpaired) electrons. The molecule has 0 bridgehead atoms. The molecular formula is C47H83IN2O12. The van der Waals surface area contributed by atoms with E-state index in [2.05, 4.69) is 62.5 Å². The Morgan fingerprint density at radius 3 is 2.16 bits per heavy atom. The van der Waals surface area contributed by atoms with E-state index in [9.17, 15) is 35.1 Å². The van der Waals surface area contributed by atoms with Gasteiger partial charge in [-0.3, -0.25) is 9.59 Å². The summed E-state index contributed by atoms with van der Waals surface area (Å²) in [5, 5.41) is 57.9. The maximum atomic E-state index is 14.2. The van der Waals surface area contributed by atoms with Crippen LogP contribution in [0.15, 0.2) is 0 Å². The molecule has 2 amide bonds. The summed E-state index contributed by atoms with van der Waals surface area (Å²) in [4.78, 5) is 29.1. The van der Waals surface area contributed by atoms with Crippen LogP contribution in [0.3, 0.4) is 0 Å². The van der Waals surface area contributed by atoms with Crippen molar-refractivity contribution in [3.05, 3.63) is 0 Å². The molecule has 360 valence electrons. The van der Waals surface area contributed by atoms with E-state index >= 15 is 0 Å². The van der Waals surface area contributed by atoms with Gasteiger partial charge in [0.05, 0.1) is 24.9 Å². The van der Waals surface area contributed by atoms with Crippen LogP contribution in [0.5, 0.6) is 0 Å². The predicted molar refractivity (Wildman–Crippen MR) is 243 cm³/mol. The second kappa shape index (κ2) is 24.3. The maximum absolute atomic E-state index is 14.2. The minimum absolute atomic E-state index is 0.0551. The first-order chi connectivity index (χ1) is 29.6. The molecule has 0 aromatic carbocycles.